The predicted octanol–water partition coefficient (Wildman–Crippen LogP) is 2.49. The lowest BCUT2D eigenvalue weighted by molar-refractivity contribution is -0.119. The second kappa shape index (κ2) is 4.09. The van der Waals surface area contributed by atoms with Crippen LogP contribution < -0.4 is 10.6 Å². The van der Waals surface area contributed by atoms with Crippen LogP contribution in [0.4, 0.5) is 5.69 Å². The van der Waals surface area contributed by atoms with Crippen molar-refractivity contribution in [2.45, 2.75) is 19.0 Å². The third kappa shape index (κ3) is 1.96. The van der Waals surface area contributed by atoms with E-state index in [2.05, 4.69) is 28.8 Å². The molecule has 0 aliphatic carbocycles. The molecule has 1 aliphatic rings. The molecule has 1 fully saturated rings. The van der Waals surface area contributed by atoms with Gasteiger partial charge in [-0.25, -0.2) is 0 Å². The van der Waals surface area contributed by atoms with E-state index < -0.39 is 0 Å². The zero-order valence-electron chi connectivity index (χ0n) is 9.44. The summed E-state index contributed by atoms with van der Waals surface area (Å²) in [5.74, 6) is 0.128. The average Bonchev–Trinajstić information content (AvgIpc) is 2.75. The second-order valence-electron chi connectivity index (χ2n) is 4.33. The Balaban J connectivity index is 1.92. The van der Waals surface area contributed by atoms with Gasteiger partial charge in [0.2, 0.25) is 5.91 Å². The maximum atomic E-state index is 11.2. The quantitative estimate of drug-likeness (QED) is 0.826. The maximum absolute atomic E-state index is 11.2. The van der Waals surface area contributed by atoms with Crippen molar-refractivity contribution in [2.24, 2.45) is 0 Å². The molecule has 0 aromatic heterocycles. The third-order valence-electron chi connectivity index (χ3n) is 3.11. The minimum absolute atomic E-state index is 0.0632. The fourth-order valence-corrected chi connectivity index (χ4v) is 2.26. The fourth-order valence-electron chi connectivity index (χ4n) is 2.26. The first-order chi connectivity index (χ1) is 8.33. The summed E-state index contributed by atoms with van der Waals surface area (Å²) in [6.07, 6.45) is 1.53. The Kier molecular flexibility index (Phi) is 2.44. The molecule has 0 radical (unpaired) electrons. The zero-order chi connectivity index (χ0) is 11.7. The van der Waals surface area contributed by atoms with Crippen LogP contribution in [0.25, 0.3) is 10.8 Å². The highest BCUT2D eigenvalue weighted by molar-refractivity contribution is 5.94. The van der Waals surface area contributed by atoms with Crippen LogP contribution in [0.5, 0.6) is 0 Å². The summed E-state index contributed by atoms with van der Waals surface area (Å²) in [5.41, 5.74) is 1.08. The second-order valence-corrected chi connectivity index (χ2v) is 4.33. The lowest BCUT2D eigenvalue weighted by Crippen LogP contribution is -2.32. The summed E-state index contributed by atoms with van der Waals surface area (Å²) < 4.78 is 0. The van der Waals surface area contributed by atoms with Gasteiger partial charge in [0.1, 0.15) is 0 Å². The zero-order valence-corrected chi connectivity index (χ0v) is 9.44. The van der Waals surface area contributed by atoms with Crippen molar-refractivity contribution in [2.75, 3.05) is 5.32 Å². The number of benzene rings is 2. The van der Waals surface area contributed by atoms with Crippen molar-refractivity contribution in [3.05, 3.63) is 42.5 Å². The van der Waals surface area contributed by atoms with Crippen molar-refractivity contribution in [3.63, 3.8) is 0 Å². The molecule has 0 saturated carbocycles. The number of anilines is 1. The maximum Gasteiger partial charge on any atom is 0.221 e. The molecule has 2 N–H and O–H groups in total. The monoisotopic (exact) mass is 226 g/mol. The predicted molar refractivity (Wildman–Crippen MR) is 68.7 cm³/mol. The van der Waals surface area contributed by atoms with Gasteiger partial charge >= 0.3 is 0 Å². The number of hydrogen-bond acceptors (Lipinski definition) is 2. The number of fused-ring (bicyclic) bond motifs is 1. The number of rotatable bonds is 2. The first-order valence-corrected chi connectivity index (χ1v) is 5.86. The number of hydrogen-bond donors (Lipinski definition) is 2. The van der Waals surface area contributed by atoms with Gasteiger partial charge in [0, 0.05) is 17.5 Å². The van der Waals surface area contributed by atoms with Crippen LogP contribution in [-0.2, 0) is 4.79 Å². The molecule has 3 heteroatoms. The van der Waals surface area contributed by atoms with Crippen molar-refractivity contribution in [1.82, 2.24) is 5.32 Å². The molecule has 1 aliphatic heterocycles. The SMILES string of the molecule is O=C1CCC(Nc2cccc3ccccc23)N1. The van der Waals surface area contributed by atoms with E-state index >= 15 is 0 Å². The molecule has 17 heavy (non-hydrogen) atoms. The Morgan fingerprint density at radius 2 is 1.94 bits per heavy atom. The highest BCUT2D eigenvalue weighted by atomic mass is 16.2. The normalized spacial score (nSPS) is 19.3. The van der Waals surface area contributed by atoms with E-state index in [1.54, 1.807) is 0 Å². The highest BCUT2D eigenvalue weighted by Gasteiger charge is 2.20. The van der Waals surface area contributed by atoms with Gasteiger partial charge in [-0.2, -0.15) is 0 Å². The standard InChI is InChI=1S/C14H14N2O/c17-14-9-8-13(16-14)15-12-7-3-5-10-4-1-2-6-11(10)12/h1-7,13,15H,8-9H2,(H,16,17). The van der Waals surface area contributed by atoms with E-state index in [0.717, 1.165) is 12.1 Å². The van der Waals surface area contributed by atoms with Crippen LogP contribution in [0.1, 0.15) is 12.8 Å². The van der Waals surface area contributed by atoms with E-state index in [1.807, 2.05) is 24.3 Å². The third-order valence-corrected chi connectivity index (χ3v) is 3.11. The van der Waals surface area contributed by atoms with Gasteiger partial charge in [-0.1, -0.05) is 36.4 Å². The minimum atomic E-state index is 0.0632. The van der Waals surface area contributed by atoms with E-state index in [1.165, 1.54) is 10.8 Å². The smallest absolute Gasteiger partial charge is 0.221 e. The topological polar surface area (TPSA) is 41.1 Å². The lowest BCUT2D eigenvalue weighted by Gasteiger charge is -2.15. The van der Waals surface area contributed by atoms with E-state index in [-0.39, 0.29) is 12.1 Å². The molecule has 1 saturated heterocycles. The number of carbonyl (C=O) groups is 1. The van der Waals surface area contributed by atoms with E-state index in [0.29, 0.717) is 6.42 Å². The average molecular weight is 226 g/mol. The molecule has 1 unspecified atom stereocenters. The summed E-state index contributed by atoms with van der Waals surface area (Å²) in [6, 6.07) is 14.4. The Morgan fingerprint density at radius 3 is 2.76 bits per heavy atom. The molecule has 1 atom stereocenters. The largest absolute Gasteiger partial charge is 0.365 e. The molecule has 1 amide bonds. The Morgan fingerprint density at radius 1 is 1.12 bits per heavy atom. The summed E-state index contributed by atoms with van der Waals surface area (Å²) in [6.45, 7) is 0. The molecule has 3 rings (SSSR count). The fraction of sp³-hybridized carbons (Fsp3) is 0.214. The van der Waals surface area contributed by atoms with Gasteiger partial charge in [-0.15, -0.1) is 0 Å². The molecule has 3 nitrogen and oxygen atoms in total. The summed E-state index contributed by atoms with van der Waals surface area (Å²) in [4.78, 5) is 11.2. The van der Waals surface area contributed by atoms with Crippen LogP contribution in [-0.4, -0.2) is 12.1 Å². The molecule has 2 aromatic rings. The van der Waals surface area contributed by atoms with Crippen LogP contribution >= 0.6 is 0 Å². The van der Waals surface area contributed by atoms with E-state index in [4.69, 9.17) is 0 Å². The highest BCUT2D eigenvalue weighted by Crippen LogP contribution is 2.24. The molecule has 0 bridgehead atoms. The molecule has 1 heterocycles. The van der Waals surface area contributed by atoms with Gasteiger partial charge in [0.25, 0.3) is 0 Å². The molecular weight excluding hydrogens is 212 g/mol. The van der Waals surface area contributed by atoms with Crippen LogP contribution in [0.2, 0.25) is 0 Å². The van der Waals surface area contributed by atoms with Gasteiger partial charge in [-0.05, 0) is 17.9 Å². The number of amides is 1. The number of carbonyl (C=O) groups excluding carboxylic acids is 1. The first-order valence-electron chi connectivity index (χ1n) is 5.86. The number of nitrogens with one attached hydrogen (secondary N) is 2. The first kappa shape index (κ1) is 10.1. The molecule has 0 spiro atoms. The Labute approximate surface area is 99.8 Å². The van der Waals surface area contributed by atoms with Crippen LogP contribution in [0.3, 0.4) is 0 Å². The van der Waals surface area contributed by atoms with Crippen molar-refractivity contribution in [1.29, 1.82) is 0 Å². The van der Waals surface area contributed by atoms with Gasteiger partial charge in [0.15, 0.2) is 0 Å². The van der Waals surface area contributed by atoms with Crippen molar-refractivity contribution < 1.29 is 4.79 Å². The molecular formula is C14H14N2O. The van der Waals surface area contributed by atoms with Crippen LogP contribution in [0, 0.1) is 0 Å². The van der Waals surface area contributed by atoms with Crippen LogP contribution in [0.15, 0.2) is 42.5 Å². The molecule has 86 valence electrons. The lowest BCUT2D eigenvalue weighted by atomic mass is 10.1. The Bertz CT molecular complexity index is 560. The minimum Gasteiger partial charge on any atom is -0.365 e. The van der Waals surface area contributed by atoms with Gasteiger partial charge in [-0.3, -0.25) is 4.79 Å². The van der Waals surface area contributed by atoms with Gasteiger partial charge in [0.05, 0.1) is 6.17 Å². The van der Waals surface area contributed by atoms with Crippen molar-refractivity contribution in [3.8, 4) is 0 Å². The Hall–Kier alpha value is -2.03. The van der Waals surface area contributed by atoms with E-state index in [9.17, 15) is 4.79 Å². The summed E-state index contributed by atoms with van der Waals surface area (Å²) in [7, 11) is 0. The molecule has 2 aromatic carbocycles. The summed E-state index contributed by atoms with van der Waals surface area (Å²) in [5, 5.41) is 8.70. The van der Waals surface area contributed by atoms with Crippen molar-refractivity contribution >= 4 is 22.4 Å². The summed E-state index contributed by atoms with van der Waals surface area (Å²) >= 11 is 0. The van der Waals surface area contributed by atoms with Gasteiger partial charge < -0.3 is 10.6 Å².